The summed E-state index contributed by atoms with van der Waals surface area (Å²) in [6.07, 6.45) is 7.39. The molecule has 1 aromatic rings. The average Bonchev–Trinajstić information content (AvgIpc) is 2.45. The molecule has 102 valence electrons. The van der Waals surface area contributed by atoms with Crippen molar-refractivity contribution in [3.63, 3.8) is 0 Å². The van der Waals surface area contributed by atoms with Crippen LogP contribution in [-0.4, -0.2) is 30.5 Å². The van der Waals surface area contributed by atoms with Gasteiger partial charge in [-0.15, -0.1) is 0 Å². The minimum atomic E-state index is 0.855. The molecular formula is C17H25N2+. The highest BCUT2D eigenvalue weighted by molar-refractivity contribution is 5.80. The van der Waals surface area contributed by atoms with Gasteiger partial charge in [-0.05, 0) is 36.8 Å². The fourth-order valence-electron chi connectivity index (χ4n) is 3.61. The molecule has 1 fully saturated rings. The largest absolute Gasteiger partial charge is 0.268 e. The van der Waals surface area contributed by atoms with Crippen molar-refractivity contribution in [1.29, 1.82) is 0 Å². The molecule has 0 spiro atoms. The first-order valence-corrected chi connectivity index (χ1v) is 7.78. The molecule has 19 heavy (non-hydrogen) atoms. The van der Waals surface area contributed by atoms with Crippen molar-refractivity contribution in [2.75, 3.05) is 24.5 Å². The second-order valence-corrected chi connectivity index (χ2v) is 5.90. The highest BCUT2D eigenvalue weighted by Gasteiger charge is 2.31. The molecule has 1 atom stereocenters. The molecule has 2 heterocycles. The van der Waals surface area contributed by atoms with Gasteiger partial charge in [0.2, 0.25) is 6.34 Å². The maximum atomic E-state index is 2.53. The van der Waals surface area contributed by atoms with Gasteiger partial charge in [-0.25, -0.2) is 4.90 Å². The fourth-order valence-corrected chi connectivity index (χ4v) is 3.61. The molecule has 2 heteroatoms. The molecule has 2 bridgehead atoms. The standard InChI is InChI=1S/C17H25N2/c1-3-15-8-5-9-16(4-2)17(15)19-12-14-7-6-10-18(11-14)13-19/h5,8-9,13-14H,3-4,6-7,10-12H2,1-2H3/q+1. The smallest absolute Gasteiger partial charge is 0.239 e. The van der Waals surface area contributed by atoms with Gasteiger partial charge in [-0.2, -0.15) is 0 Å². The predicted octanol–water partition coefficient (Wildman–Crippen LogP) is 3.08. The highest BCUT2D eigenvalue weighted by atomic mass is 15.2. The zero-order chi connectivity index (χ0) is 13.2. The second-order valence-electron chi connectivity index (χ2n) is 5.90. The summed E-state index contributed by atoms with van der Waals surface area (Å²) in [5.41, 5.74) is 4.48. The van der Waals surface area contributed by atoms with Crippen molar-refractivity contribution in [2.24, 2.45) is 5.92 Å². The van der Waals surface area contributed by atoms with Crippen LogP contribution in [0, 0.1) is 5.92 Å². The number of para-hydroxylation sites is 1. The first kappa shape index (κ1) is 12.7. The molecule has 1 aromatic carbocycles. The van der Waals surface area contributed by atoms with Crippen LogP contribution < -0.4 is 4.90 Å². The van der Waals surface area contributed by atoms with Crippen LogP contribution in [0.3, 0.4) is 0 Å². The first-order valence-electron chi connectivity index (χ1n) is 7.78. The Morgan fingerprint density at radius 3 is 2.58 bits per heavy atom. The normalized spacial score (nSPS) is 22.3. The van der Waals surface area contributed by atoms with E-state index >= 15 is 0 Å². The molecule has 0 radical (unpaired) electrons. The van der Waals surface area contributed by atoms with Gasteiger partial charge in [0.1, 0.15) is 5.69 Å². The Labute approximate surface area is 116 Å². The van der Waals surface area contributed by atoms with Gasteiger partial charge in [-0.1, -0.05) is 32.0 Å². The monoisotopic (exact) mass is 257 g/mol. The van der Waals surface area contributed by atoms with E-state index in [2.05, 4.69) is 47.9 Å². The van der Waals surface area contributed by atoms with E-state index in [0.29, 0.717) is 0 Å². The van der Waals surface area contributed by atoms with Gasteiger partial charge in [0, 0.05) is 5.92 Å². The number of rotatable bonds is 3. The number of fused-ring (bicyclic) bond motifs is 2. The lowest BCUT2D eigenvalue weighted by Crippen LogP contribution is -2.46. The maximum Gasteiger partial charge on any atom is 0.239 e. The van der Waals surface area contributed by atoms with E-state index < -0.39 is 0 Å². The lowest BCUT2D eigenvalue weighted by molar-refractivity contribution is -0.545. The van der Waals surface area contributed by atoms with E-state index in [0.717, 1.165) is 18.8 Å². The Kier molecular flexibility index (Phi) is 3.58. The van der Waals surface area contributed by atoms with E-state index in [1.54, 1.807) is 0 Å². The molecule has 1 saturated heterocycles. The molecule has 1 unspecified atom stereocenters. The summed E-state index contributed by atoms with van der Waals surface area (Å²) in [5, 5.41) is 0. The molecule has 0 amide bonds. The van der Waals surface area contributed by atoms with Crippen molar-refractivity contribution in [1.82, 2.24) is 0 Å². The molecule has 3 rings (SSSR count). The number of benzene rings is 1. The van der Waals surface area contributed by atoms with Crippen LogP contribution in [0.15, 0.2) is 18.2 Å². The van der Waals surface area contributed by atoms with Crippen molar-refractivity contribution < 1.29 is 4.58 Å². The third kappa shape index (κ3) is 2.41. The minimum Gasteiger partial charge on any atom is -0.268 e. The van der Waals surface area contributed by atoms with Crippen LogP contribution in [0.1, 0.15) is 37.8 Å². The fraction of sp³-hybridized carbons (Fsp3) is 0.588. The minimum absolute atomic E-state index is 0.855. The summed E-state index contributed by atoms with van der Waals surface area (Å²) in [7, 11) is 0. The van der Waals surface area contributed by atoms with Crippen molar-refractivity contribution in [3.05, 3.63) is 29.3 Å². The summed E-state index contributed by atoms with van der Waals surface area (Å²) >= 11 is 0. The number of hydrogen-bond acceptors (Lipinski definition) is 1. The number of anilines is 1. The second kappa shape index (κ2) is 5.36. The van der Waals surface area contributed by atoms with Gasteiger partial charge < -0.3 is 0 Å². The summed E-state index contributed by atoms with van der Waals surface area (Å²) < 4.78 is 2.52. The van der Waals surface area contributed by atoms with Crippen molar-refractivity contribution in [2.45, 2.75) is 39.5 Å². The number of piperidine rings is 1. The zero-order valence-electron chi connectivity index (χ0n) is 12.2. The molecule has 2 nitrogen and oxygen atoms in total. The quantitative estimate of drug-likeness (QED) is 0.754. The van der Waals surface area contributed by atoms with Gasteiger partial charge in [0.05, 0.1) is 19.6 Å². The highest BCUT2D eigenvalue weighted by Crippen LogP contribution is 2.29. The number of nitrogens with zero attached hydrogens (tertiary/aromatic N) is 2. The third-order valence-electron chi connectivity index (χ3n) is 4.56. The molecule has 2 aliphatic rings. The van der Waals surface area contributed by atoms with E-state index in [1.807, 2.05) is 0 Å². The van der Waals surface area contributed by atoms with Crippen LogP contribution in [0.25, 0.3) is 0 Å². The number of aryl methyl sites for hydroxylation is 2. The zero-order valence-corrected chi connectivity index (χ0v) is 12.2. The van der Waals surface area contributed by atoms with Gasteiger partial charge >= 0.3 is 0 Å². The topological polar surface area (TPSA) is 6.25 Å². The average molecular weight is 257 g/mol. The summed E-state index contributed by atoms with van der Waals surface area (Å²) in [6, 6.07) is 6.80. The molecule has 0 N–H and O–H groups in total. The van der Waals surface area contributed by atoms with Crippen LogP contribution in [0.5, 0.6) is 0 Å². The summed E-state index contributed by atoms with van der Waals surface area (Å²) in [4.78, 5) is 2.53. The van der Waals surface area contributed by atoms with Crippen molar-refractivity contribution >= 4 is 12.0 Å². The Morgan fingerprint density at radius 1 is 1.21 bits per heavy atom. The maximum absolute atomic E-state index is 2.53. The Bertz CT molecular complexity index is 468. The summed E-state index contributed by atoms with van der Waals surface area (Å²) in [5.74, 6) is 0.855. The summed E-state index contributed by atoms with van der Waals surface area (Å²) in [6.45, 7) is 8.25. The van der Waals surface area contributed by atoms with E-state index in [-0.39, 0.29) is 0 Å². The lowest BCUT2D eigenvalue weighted by Gasteiger charge is -2.32. The molecule has 0 saturated carbocycles. The van der Waals surface area contributed by atoms with Crippen LogP contribution >= 0.6 is 0 Å². The Morgan fingerprint density at radius 2 is 1.95 bits per heavy atom. The molecule has 0 aromatic heterocycles. The lowest BCUT2D eigenvalue weighted by atomic mass is 9.95. The molecular weight excluding hydrogens is 232 g/mol. The number of hydrogen-bond donors (Lipinski definition) is 0. The van der Waals surface area contributed by atoms with E-state index in [9.17, 15) is 0 Å². The van der Waals surface area contributed by atoms with E-state index in [1.165, 1.54) is 49.3 Å². The van der Waals surface area contributed by atoms with Crippen molar-refractivity contribution in [3.8, 4) is 0 Å². The van der Waals surface area contributed by atoms with E-state index in [4.69, 9.17) is 0 Å². The molecule has 2 aliphatic heterocycles. The Hall–Kier alpha value is -1.31. The molecule has 0 aliphatic carbocycles. The van der Waals surface area contributed by atoms with Crippen LogP contribution in [-0.2, 0) is 12.8 Å². The predicted molar refractivity (Wildman–Crippen MR) is 81.3 cm³/mol. The van der Waals surface area contributed by atoms with Crippen LogP contribution in [0.4, 0.5) is 5.69 Å². The Balaban J connectivity index is 2.01. The van der Waals surface area contributed by atoms with Gasteiger partial charge in [-0.3, -0.25) is 4.58 Å². The van der Waals surface area contributed by atoms with Crippen LogP contribution in [0.2, 0.25) is 0 Å². The first-order chi connectivity index (χ1) is 9.31. The SMILES string of the molecule is CCc1cccc(CC)c1N1C=[N+]2CCCC(C1)C2. The third-order valence-corrected chi connectivity index (χ3v) is 4.56. The van der Waals surface area contributed by atoms with Gasteiger partial charge in [0.15, 0.2) is 0 Å². The van der Waals surface area contributed by atoms with Gasteiger partial charge in [0.25, 0.3) is 0 Å².